The van der Waals surface area contributed by atoms with Gasteiger partial charge in [0.25, 0.3) is 0 Å². The fraction of sp³-hybridized carbons (Fsp3) is 0.368. The fourth-order valence-electron chi connectivity index (χ4n) is 3.43. The highest BCUT2D eigenvalue weighted by Gasteiger charge is 2.20. The third kappa shape index (κ3) is 3.57. The molecule has 0 bridgehead atoms. The van der Waals surface area contributed by atoms with Gasteiger partial charge in [0, 0.05) is 68.0 Å². The van der Waals surface area contributed by atoms with Crippen LogP contribution in [0.5, 0.6) is 0 Å². The lowest BCUT2D eigenvalue weighted by Gasteiger charge is -2.35. The number of H-pyrrole nitrogens is 1. The number of anilines is 1. The summed E-state index contributed by atoms with van der Waals surface area (Å²) in [6.07, 6.45) is 5.58. The second-order valence-electron chi connectivity index (χ2n) is 6.69. The Morgan fingerprint density at radius 2 is 1.92 bits per heavy atom. The van der Waals surface area contributed by atoms with Crippen molar-refractivity contribution in [2.24, 2.45) is 0 Å². The van der Waals surface area contributed by atoms with Crippen molar-refractivity contribution in [2.45, 2.75) is 20.4 Å². The number of aromatic amines is 1. The molecule has 4 rings (SSSR count). The van der Waals surface area contributed by atoms with Gasteiger partial charge in [-0.2, -0.15) is 5.10 Å². The molecule has 0 amide bonds. The number of nitrogens with zero attached hydrogens (tertiary/aromatic N) is 6. The van der Waals surface area contributed by atoms with Gasteiger partial charge in [-0.1, -0.05) is 0 Å². The molecule has 0 saturated carbocycles. The van der Waals surface area contributed by atoms with E-state index in [1.54, 1.807) is 6.20 Å². The predicted molar refractivity (Wildman–Crippen MR) is 101 cm³/mol. The minimum Gasteiger partial charge on any atom is -0.354 e. The first-order valence-electron chi connectivity index (χ1n) is 8.91. The quantitative estimate of drug-likeness (QED) is 0.778. The van der Waals surface area contributed by atoms with Gasteiger partial charge in [0.05, 0.1) is 11.9 Å². The van der Waals surface area contributed by atoms with E-state index >= 15 is 0 Å². The van der Waals surface area contributed by atoms with Gasteiger partial charge < -0.3 is 4.90 Å². The number of aromatic nitrogens is 5. The van der Waals surface area contributed by atoms with Crippen LogP contribution in [0.25, 0.3) is 11.3 Å². The van der Waals surface area contributed by atoms with E-state index in [1.807, 2.05) is 32.3 Å². The van der Waals surface area contributed by atoms with Gasteiger partial charge in [0.2, 0.25) is 0 Å². The summed E-state index contributed by atoms with van der Waals surface area (Å²) in [5.41, 5.74) is 4.36. The van der Waals surface area contributed by atoms with Crippen LogP contribution in [0.4, 0.5) is 5.82 Å². The molecule has 0 aromatic carbocycles. The summed E-state index contributed by atoms with van der Waals surface area (Å²) in [6.45, 7) is 8.79. The lowest BCUT2D eigenvalue weighted by atomic mass is 10.1. The number of hydrogen-bond donors (Lipinski definition) is 1. The first kappa shape index (κ1) is 16.7. The van der Waals surface area contributed by atoms with E-state index in [2.05, 4.69) is 47.1 Å². The van der Waals surface area contributed by atoms with Gasteiger partial charge in [0.1, 0.15) is 11.6 Å². The Morgan fingerprint density at radius 1 is 1.08 bits per heavy atom. The summed E-state index contributed by atoms with van der Waals surface area (Å²) in [5.74, 6) is 1.87. The monoisotopic (exact) mass is 349 g/mol. The summed E-state index contributed by atoms with van der Waals surface area (Å²) in [4.78, 5) is 18.0. The van der Waals surface area contributed by atoms with Crippen molar-refractivity contribution in [1.29, 1.82) is 0 Å². The molecule has 1 saturated heterocycles. The molecule has 0 unspecified atom stereocenters. The average Bonchev–Trinajstić information content (AvgIpc) is 3.10. The van der Waals surface area contributed by atoms with E-state index in [1.165, 1.54) is 5.56 Å². The van der Waals surface area contributed by atoms with Crippen molar-refractivity contribution in [3.8, 4) is 11.3 Å². The summed E-state index contributed by atoms with van der Waals surface area (Å²) in [5, 5.41) is 7.35. The molecule has 1 N–H and O–H groups in total. The number of aryl methyl sites for hydroxylation is 2. The van der Waals surface area contributed by atoms with Crippen molar-refractivity contribution < 1.29 is 0 Å². The third-order valence-electron chi connectivity index (χ3n) is 4.71. The van der Waals surface area contributed by atoms with Crippen LogP contribution in [-0.4, -0.2) is 56.2 Å². The maximum atomic E-state index is 4.59. The molecule has 0 radical (unpaired) electrons. The number of piperazine rings is 1. The Balaban J connectivity index is 1.41. The fourth-order valence-corrected chi connectivity index (χ4v) is 3.43. The molecule has 134 valence electrons. The van der Waals surface area contributed by atoms with Crippen LogP contribution in [0.3, 0.4) is 0 Å². The second kappa shape index (κ2) is 7.21. The van der Waals surface area contributed by atoms with Crippen molar-refractivity contribution in [1.82, 2.24) is 30.0 Å². The smallest absolute Gasteiger partial charge is 0.132 e. The van der Waals surface area contributed by atoms with E-state index in [4.69, 9.17) is 0 Å². The van der Waals surface area contributed by atoms with Gasteiger partial charge >= 0.3 is 0 Å². The van der Waals surface area contributed by atoms with E-state index in [0.717, 1.165) is 61.3 Å². The molecule has 1 fully saturated rings. The van der Waals surface area contributed by atoms with Crippen molar-refractivity contribution in [2.75, 3.05) is 31.1 Å². The molecule has 0 spiro atoms. The first-order chi connectivity index (χ1) is 12.7. The lowest BCUT2D eigenvalue weighted by molar-refractivity contribution is 0.249. The molecule has 4 heterocycles. The molecule has 3 aromatic heterocycles. The predicted octanol–water partition coefficient (Wildman–Crippen LogP) is 2.20. The highest BCUT2D eigenvalue weighted by atomic mass is 15.3. The van der Waals surface area contributed by atoms with Gasteiger partial charge in [0.15, 0.2) is 0 Å². The van der Waals surface area contributed by atoms with E-state index in [9.17, 15) is 0 Å². The number of pyridine rings is 1. The molecule has 3 aromatic rings. The zero-order valence-electron chi connectivity index (χ0n) is 15.2. The number of rotatable bonds is 4. The van der Waals surface area contributed by atoms with Crippen LogP contribution in [0, 0.1) is 13.8 Å². The van der Waals surface area contributed by atoms with Gasteiger partial charge in [-0.05, 0) is 26.0 Å². The van der Waals surface area contributed by atoms with Crippen LogP contribution in [0.2, 0.25) is 0 Å². The molecule has 26 heavy (non-hydrogen) atoms. The summed E-state index contributed by atoms with van der Waals surface area (Å²) < 4.78 is 0. The highest BCUT2D eigenvalue weighted by molar-refractivity contribution is 5.61. The Hall–Kier alpha value is -2.80. The van der Waals surface area contributed by atoms with Gasteiger partial charge in [-0.3, -0.25) is 15.0 Å². The van der Waals surface area contributed by atoms with Crippen LogP contribution < -0.4 is 4.90 Å². The molecular formula is C19H23N7. The molecule has 0 atom stereocenters. The van der Waals surface area contributed by atoms with Crippen molar-refractivity contribution in [3.63, 3.8) is 0 Å². The molecule has 1 aliphatic heterocycles. The number of nitrogens with one attached hydrogen (secondary N) is 1. The Kier molecular flexibility index (Phi) is 4.62. The zero-order chi connectivity index (χ0) is 17.9. The van der Waals surface area contributed by atoms with Crippen LogP contribution in [0.1, 0.15) is 17.1 Å². The number of hydrogen-bond acceptors (Lipinski definition) is 6. The SMILES string of the molecule is Cc1cc(N2CCN(Cc3cn[nH]c3-c3cccnc3)CC2)nc(C)n1. The highest BCUT2D eigenvalue weighted by Crippen LogP contribution is 2.22. The Labute approximate surface area is 153 Å². The summed E-state index contributed by atoms with van der Waals surface area (Å²) >= 11 is 0. The van der Waals surface area contributed by atoms with E-state index in [0.29, 0.717) is 0 Å². The largest absolute Gasteiger partial charge is 0.354 e. The standard InChI is InChI=1S/C19H23N7/c1-14-10-18(23-15(2)22-14)26-8-6-25(7-9-26)13-17-12-21-24-19(17)16-4-3-5-20-11-16/h3-5,10-12H,6-9,13H2,1-2H3,(H,21,24). The normalized spacial score (nSPS) is 15.4. The molecular weight excluding hydrogens is 326 g/mol. The first-order valence-corrected chi connectivity index (χ1v) is 8.91. The average molecular weight is 349 g/mol. The van der Waals surface area contributed by atoms with E-state index in [-0.39, 0.29) is 0 Å². The van der Waals surface area contributed by atoms with Crippen molar-refractivity contribution in [3.05, 3.63) is 53.9 Å². The topological polar surface area (TPSA) is 73.8 Å². The second-order valence-corrected chi connectivity index (χ2v) is 6.69. The minimum absolute atomic E-state index is 0.835. The Morgan fingerprint density at radius 3 is 2.65 bits per heavy atom. The molecule has 7 nitrogen and oxygen atoms in total. The summed E-state index contributed by atoms with van der Waals surface area (Å²) in [7, 11) is 0. The maximum absolute atomic E-state index is 4.59. The third-order valence-corrected chi connectivity index (χ3v) is 4.71. The maximum Gasteiger partial charge on any atom is 0.132 e. The lowest BCUT2D eigenvalue weighted by Crippen LogP contribution is -2.46. The minimum atomic E-state index is 0.835. The van der Waals surface area contributed by atoms with Crippen LogP contribution >= 0.6 is 0 Å². The molecule has 0 aliphatic carbocycles. The van der Waals surface area contributed by atoms with Gasteiger partial charge in [-0.15, -0.1) is 0 Å². The van der Waals surface area contributed by atoms with Crippen molar-refractivity contribution >= 4 is 5.82 Å². The van der Waals surface area contributed by atoms with Crippen LogP contribution in [-0.2, 0) is 6.54 Å². The van der Waals surface area contributed by atoms with Gasteiger partial charge in [-0.25, -0.2) is 9.97 Å². The Bertz CT molecular complexity index is 846. The molecule has 7 heteroatoms. The molecule has 1 aliphatic rings. The van der Waals surface area contributed by atoms with Crippen LogP contribution in [0.15, 0.2) is 36.8 Å². The van der Waals surface area contributed by atoms with E-state index < -0.39 is 0 Å². The zero-order valence-corrected chi connectivity index (χ0v) is 15.2. The summed E-state index contributed by atoms with van der Waals surface area (Å²) in [6, 6.07) is 6.07.